The zero-order valence-corrected chi connectivity index (χ0v) is 11.2. The van der Waals surface area contributed by atoms with Gasteiger partial charge in [-0.25, -0.2) is 0 Å². The Kier molecular flexibility index (Phi) is 2.60. The van der Waals surface area contributed by atoms with E-state index in [0.29, 0.717) is 6.54 Å². The van der Waals surface area contributed by atoms with Crippen LogP contribution in [0.1, 0.15) is 0 Å². The van der Waals surface area contributed by atoms with Crippen molar-refractivity contribution in [2.45, 2.75) is 6.04 Å². The first-order valence-corrected chi connectivity index (χ1v) is 6.49. The van der Waals surface area contributed by atoms with Gasteiger partial charge in [-0.05, 0) is 18.2 Å². The molecule has 90 valence electrons. The molecular formula is C12H14BrN3O. The average molecular weight is 296 g/mol. The molecule has 0 bridgehead atoms. The van der Waals surface area contributed by atoms with Crippen LogP contribution >= 0.6 is 15.9 Å². The SMILES string of the molecule is CN1CC2CNCC(=O)N2c2cc(Br)ccc21. The van der Waals surface area contributed by atoms with Crippen molar-refractivity contribution < 1.29 is 4.79 Å². The molecule has 0 aromatic heterocycles. The summed E-state index contributed by atoms with van der Waals surface area (Å²) in [7, 11) is 2.07. The molecule has 0 saturated carbocycles. The quantitative estimate of drug-likeness (QED) is 0.781. The van der Waals surface area contributed by atoms with E-state index in [0.717, 1.165) is 28.9 Å². The lowest BCUT2D eigenvalue weighted by atomic mass is 10.1. The largest absolute Gasteiger partial charge is 0.371 e. The molecule has 1 aromatic rings. The summed E-state index contributed by atoms with van der Waals surface area (Å²) in [6, 6.07) is 6.34. The van der Waals surface area contributed by atoms with Crippen molar-refractivity contribution in [3.05, 3.63) is 22.7 Å². The lowest BCUT2D eigenvalue weighted by molar-refractivity contribution is -0.119. The van der Waals surface area contributed by atoms with E-state index in [1.165, 1.54) is 0 Å². The van der Waals surface area contributed by atoms with E-state index < -0.39 is 0 Å². The summed E-state index contributed by atoms with van der Waals surface area (Å²) in [5.41, 5.74) is 2.14. The first-order chi connectivity index (χ1) is 8.16. The molecule has 1 amide bonds. The van der Waals surface area contributed by atoms with Gasteiger partial charge in [0, 0.05) is 24.6 Å². The number of hydrogen-bond acceptors (Lipinski definition) is 3. The summed E-state index contributed by atoms with van der Waals surface area (Å²) in [5.74, 6) is 0.161. The zero-order valence-electron chi connectivity index (χ0n) is 9.61. The predicted molar refractivity (Wildman–Crippen MR) is 71.6 cm³/mol. The fourth-order valence-electron chi connectivity index (χ4n) is 2.63. The van der Waals surface area contributed by atoms with Gasteiger partial charge in [0.05, 0.1) is 24.0 Å². The number of carbonyl (C=O) groups excluding carboxylic acids is 1. The number of hydrogen-bond donors (Lipinski definition) is 1. The monoisotopic (exact) mass is 295 g/mol. The molecule has 2 aliphatic rings. The van der Waals surface area contributed by atoms with E-state index in [4.69, 9.17) is 0 Å². The lowest BCUT2D eigenvalue weighted by Gasteiger charge is -2.44. The molecule has 1 aromatic carbocycles. The summed E-state index contributed by atoms with van der Waals surface area (Å²) < 4.78 is 1.01. The fraction of sp³-hybridized carbons (Fsp3) is 0.417. The van der Waals surface area contributed by atoms with Crippen molar-refractivity contribution in [3.63, 3.8) is 0 Å². The maximum absolute atomic E-state index is 12.0. The van der Waals surface area contributed by atoms with E-state index in [2.05, 4.69) is 39.3 Å². The number of fused-ring (bicyclic) bond motifs is 3. The van der Waals surface area contributed by atoms with Crippen molar-refractivity contribution in [2.24, 2.45) is 0 Å². The molecule has 2 heterocycles. The van der Waals surface area contributed by atoms with Crippen LogP contribution in [0.15, 0.2) is 22.7 Å². The first-order valence-electron chi connectivity index (χ1n) is 5.70. The Morgan fingerprint density at radius 3 is 3.06 bits per heavy atom. The zero-order chi connectivity index (χ0) is 12.0. The summed E-state index contributed by atoms with van der Waals surface area (Å²) in [6.45, 7) is 2.18. The standard InChI is InChI=1S/C12H14BrN3O/c1-15-7-9-5-14-6-12(17)16(9)11-4-8(13)2-3-10(11)15/h2-4,9,14H,5-7H2,1H3. The minimum absolute atomic E-state index is 0.161. The van der Waals surface area contributed by atoms with E-state index in [1.54, 1.807) is 0 Å². The molecule has 0 radical (unpaired) electrons. The minimum atomic E-state index is 0.161. The second-order valence-electron chi connectivity index (χ2n) is 4.56. The number of rotatable bonds is 0. The third-order valence-electron chi connectivity index (χ3n) is 3.38. The third kappa shape index (κ3) is 1.73. The Bertz CT molecular complexity index is 477. The minimum Gasteiger partial charge on any atom is -0.371 e. The maximum atomic E-state index is 12.0. The van der Waals surface area contributed by atoms with Gasteiger partial charge in [-0.1, -0.05) is 15.9 Å². The molecule has 5 heteroatoms. The molecule has 1 fully saturated rings. The normalized spacial score (nSPS) is 23.4. The molecule has 1 N–H and O–H groups in total. The van der Waals surface area contributed by atoms with Gasteiger partial charge in [0.2, 0.25) is 5.91 Å². The molecule has 17 heavy (non-hydrogen) atoms. The summed E-state index contributed by atoms with van der Waals surface area (Å²) in [6.07, 6.45) is 0. The number of amides is 1. The summed E-state index contributed by atoms with van der Waals surface area (Å²) in [5, 5.41) is 3.17. The lowest BCUT2D eigenvalue weighted by Crippen LogP contribution is -2.61. The molecule has 0 spiro atoms. The topological polar surface area (TPSA) is 35.6 Å². The van der Waals surface area contributed by atoms with Crippen molar-refractivity contribution in [3.8, 4) is 0 Å². The van der Waals surface area contributed by atoms with Crippen molar-refractivity contribution in [1.82, 2.24) is 5.32 Å². The van der Waals surface area contributed by atoms with Gasteiger partial charge in [0.15, 0.2) is 0 Å². The van der Waals surface area contributed by atoms with Crippen molar-refractivity contribution in [2.75, 3.05) is 36.5 Å². The van der Waals surface area contributed by atoms with Gasteiger partial charge in [-0.2, -0.15) is 0 Å². The number of halogens is 1. The highest BCUT2D eigenvalue weighted by Crippen LogP contribution is 2.37. The number of piperazine rings is 1. The van der Waals surface area contributed by atoms with Gasteiger partial charge in [-0.3, -0.25) is 4.79 Å². The Hall–Kier alpha value is -1.07. The molecule has 2 aliphatic heterocycles. The number of anilines is 2. The number of nitrogens with one attached hydrogen (secondary N) is 1. The van der Waals surface area contributed by atoms with Crippen molar-refractivity contribution >= 4 is 33.2 Å². The predicted octanol–water partition coefficient (Wildman–Crippen LogP) is 1.20. The molecule has 4 nitrogen and oxygen atoms in total. The molecular weight excluding hydrogens is 282 g/mol. The Morgan fingerprint density at radius 1 is 1.41 bits per heavy atom. The van der Waals surface area contributed by atoms with Crippen molar-refractivity contribution in [1.29, 1.82) is 0 Å². The molecule has 1 saturated heterocycles. The number of nitrogens with zero attached hydrogens (tertiary/aromatic N) is 2. The number of benzene rings is 1. The fourth-order valence-corrected chi connectivity index (χ4v) is 2.98. The molecule has 3 rings (SSSR count). The van der Waals surface area contributed by atoms with Crippen LogP contribution < -0.4 is 15.1 Å². The Balaban J connectivity index is 2.12. The third-order valence-corrected chi connectivity index (χ3v) is 3.88. The molecule has 1 unspecified atom stereocenters. The van der Waals surface area contributed by atoms with Crippen LogP contribution in [0.4, 0.5) is 11.4 Å². The summed E-state index contributed by atoms with van der Waals surface area (Å²) in [4.78, 5) is 16.2. The number of likely N-dealkylation sites (N-methyl/N-ethyl adjacent to an activating group) is 1. The second-order valence-corrected chi connectivity index (χ2v) is 5.48. The van der Waals surface area contributed by atoms with Crippen LogP contribution in [0.3, 0.4) is 0 Å². The van der Waals surface area contributed by atoms with E-state index in [-0.39, 0.29) is 11.9 Å². The highest BCUT2D eigenvalue weighted by Gasteiger charge is 2.35. The van der Waals surface area contributed by atoms with Gasteiger partial charge < -0.3 is 15.1 Å². The van der Waals surface area contributed by atoms with Crippen LogP contribution in [0, 0.1) is 0 Å². The Morgan fingerprint density at radius 2 is 2.24 bits per heavy atom. The second kappa shape index (κ2) is 3.99. The van der Waals surface area contributed by atoms with Gasteiger partial charge in [-0.15, -0.1) is 0 Å². The van der Waals surface area contributed by atoms with E-state index in [1.807, 2.05) is 17.0 Å². The van der Waals surface area contributed by atoms with Crippen LogP contribution in [0.2, 0.25) is 0 Å². The van der Waals surface area contributed by atoms with Crippen LogP contribution in [-0.2, 0) is 4.79 Å². The van der Waals surface area contributed by atoms with Crippen LogP contribution in [0.25, 0.3) is 0 Å². The first kappa shape index (κ1) is 11.0. The van der Waals surface area contributed by atoms with Crippen LogP contribution in [-0.4, -0.2) is 38.6 Å². The smallest absolute Gasteiger partial charge is 0.241 e. The van der Waals surface area contributed by atoms with Crippen LogP contribution in [0.5, 0.6) is 0 Å². The summed E-state index contributed by atoms with van der Waals surface area (Å²) >= 11 is 3.47. The van der Waals surface area contributed by atoms with Gasteiger partial charge in [0.1, 0.15) is 0 Å². The highest BCUT2D eigenvalue weighted by atomic mass is 79.9. The Labute approximate surface area is 109 Å². The highest BCUT2D eigenvalue weighted by molar-refractivity contribution is 9.10. The van der Waals surface area contributed by atoms with E-state index in [9.17, 15) is 4.79 Å². The average Bonchev–Trinajstić information content (AvgIpc) is 2.28. The molecule has 1 atom stereocenters. The number of carbonyl (C=O) groups is 1. The maximum Gasteiger partial charge on any atom is 0.241 e. The van der Waals surface area contributed by atoms with E-state index >= 15 is 0 Å². The molecule has 0 aliphatic carbocycles. The van der Waals surface area contributed by atoms with Gasteiger partial charge in [0.25, 0.3) is 0 Å². The van der Waals surface area contributed by atoms with Gasteiger partial charge >= 0.3 is 0 Å².